The first-order chi connectivity index (χ1) is 12.5. The van der Waals surface area contributed by atoms with E-state index in [9.17, 15) is 0 Å². The zero-order valence-corrected chi connectivity index (χ0v) is 16.0. The molecule has 0 amide bonds. The lowest BCUT2D eigenvalue weighted by Gasteiger charge is -2.36. The molecule has 1 aliphatic heterocycles. The van der Waals surface area contributed by atoms with Gasteiger partial charge in [-0.05, 0) is 20.0 Å². The van der Waals surface area contributed by atoms with E-state index in [-0.39, 0.29) is 0 Å². The number of methoxy groups -OCH3 is 2. The number of nitrogens with zero attached hydrogens (tertiary/aromatic N) is 4. The Kier molecular flexibility index (Phi) is 5.63. The van der Waals surface area contributed by atoms with Crippen LogP contribution < -0.4 is 20.5 Å². The zero-order chi connectivity index (χ0) is 18.7. The van der Waals surface area contributed by atoms with Gasteiger partial charge in [-0.25, -0.2) is 4.98 Å². The van der Waals surface area contributed by atoms with Gasteiger partial charge in [0.15, 0.2) is 11.5 Å². The summed E-state index contributed by atoms with van der Waals surface area (Å²) in [5.74, 6) is 2.18. The van der Waals surface area contributed by atoms with Crippen LogP contribution in [0.3, 0.4) is 0 Å². The number of anilines is 2. The maximum Gasteiger partial charge on any atom is 0.225 e. The highest BCUT2D eigenvalue weighted by Gasteiger charge is 2.19. The highest BCUT2D eigenvalue weighted by Crippen LogP contribution is 2.33. The van der Waals surface area contributed by atoms with Crippen molar-refractivity contribution in [1.29, 1.82) is 0 Å². The van der Waals surface area contributed by atoms with Crippen molar-refractivity contribution in [3.05, 3.63) is 12.1 Å². The summed E-state index contributed by atoms with van der Waals surface area (Å²) in [5, 5.41) is 4.07. The second-order valence-electron chi connectivity index (χ2n) is 6.73. The lowest BCUT2D eigenvalue weighted by Crippen LogP contribution is -2.50. The van der Waals surface area contributed by atoms with Gasteiger partial charge in [-0.15, -0.1) is 0 Å². The molecular weight excluding hydrogens is 332 g/mol. The van der Waals surface area contributed by atoms with Crippen LogP contribution in [0.4, 0.5) is 11.8 Å². The fourth-order valence-electron chi connectivity index (χ4n) is 3.19. The second kappa shape index (κ2) is 7.92. The summed E-state index contributed by atoms with van der Waals surface area (Å²) in [7, 11) is 5.36. The van der Waals surface area contributed by atoms with Gasteiger partial charge in [0.25, 0.3) is 0 Å². The second-order valence-corrected chi connectivity index (χ2v) is 6.73. The number of nitrogens with two attached hydrogens (primary N) is 1. The standard InChI is InChI=1S/C18H28N6O2/c1-12(24-7-5-23(2)6-8-24)11-20-18-21-14-10-16(26-4)15(25-3)9-13(14)17(19)22-18/h9-10,12H,5-8,11H2,1-4H3,(H3,19,20,21,22). The van der Waals surface area contributed by atoms with E-state index in [0.717, 1.165) is 43.6 Å². The normalized spacial score (nSPS) is 17.2. The Balaban J connectivity index is 1.74. The topological polar surface area (TPSA) is 88.8 Å². The van der Waals surface area contributed by atoms with Gasteiger partial charge in [0.1, 0.15) is 5.82 Å². The monoisotopic (exact) mass is 360 g/mol. The average molecular weight is 360 g/mol. The van der Waals surface area contributed by atoms with Crippen LogP contribution in [0.5, 0.6) is 11.5 Å². The molecule has 1 atom stereocenters. The first-order valence-electron chi connectivity index (χ1n) is 8.87. The summed E-state index contributed by atoms with van der Waals surface area (Å²) < 4.78 is 10.7. The maximum absolute atomic E-state index is 6.13. The van der Waals surface area contributed by atoms with E-state index in [1.807, 2.05) is 6.07 Å². The Morgan fingerprint density at radius 3 is 2.42 bits per heavy atom. The molecule has 1 fully saturated rings. The number of nitrogen functional groups attached to an aromatic ring is 1. The van der Waals surface area contributed by atoms with E-state index in [0.29, 0.717) is 29.3 Å². The lowest BCUT2D eigenvalue weighted by atomic mass is 10.2. The van der Waals surface area contributed by atoms with Crippen molar-refractivity contribution in [3.63, 3.8) is 0 Å². The Labute approximate surface area is 154 Å². The largest absolute Gasteiger partial charge is 0.493 e. The molecule has 2 aromatic rings. The van der Waals surface area contributed by atoms with Gasteiger partial charge in [-0.3, -0.25) is 4.90 Å². The molecule has 1 saturated heterocycles. The predicted octanol–water partition coefficient (Wildman–Crippen LogP) is 1.28. The van der Waals surface area contributed by atoms with Gasteiger partial charge in [-0.2, -0.15) is 4.98 Å². The van der Waals surface area contributed by atoms with Crippen LogP contribution >= 0.6 is 0 Å². The van der Waals surface area contributed by atoms with Crippen LogP contribution in [-0.2, 0) is 0 Å². The molecule has 3 N–H and O–H groups in total. The maximum atomic E-state index is 6.13. The van der Waals surface area contributed by atoms with Crippen LogP contribution in [0, 0.1) is 0 Å². The number of nitrogens with one attached hydrogen (secondary N) is 1. The molecule has 2 heterocycles. The number of hydrogen-bond donors (Lipinski definition) is 2. The highest BCUT2D eigenvalue weighted by atomic mass is 16.5. The minimum atomic E-state index is 0.398. The van der Waals surface area contributed by atoms with Gasteiger partial charge in [0.2, 0.25) is 5.95 Å². The first-order valence-corrected chi connectivity index (χ1v) is 8.87. The molecule has 8 heteroatoms. The van der Waals surface area contributed by atoms with Crippen molar-refractivity contribution in [2.24, 2.45) is 0 Å². The molecule has 3 rings (SSSR count). The van der Waals surface area contributed by atoms with E-state index in [1.165, 1.54) is 0 Å². The highest BCUT2D eigenvalue weighted by molar-refractivity contribution is 5.91. The number of hydrogen-bond acceptors (Lipinski definition) is 8. The number of rotatable bonds is 6. The SMILES string of the molecule is COc1cc2nc(NCC(C)N3CCN(C)CC3)nc(N)c2cc1OC. The van der Waals surface area contributed by atoms with Crippen molar-refractivity contribution < 1.29 is 9.47 Å². The van der Waals surface area contributed by atoms with Crippen molar-refractivity contribution in [3.8, 4) is 11.5 Å². The zero-order valence-electron chi connectivity index (χ0n) is 16.0. The third kappa shape index (κ3) is 3.91. The Hall–Kier alpha value is -2.32. The summed E-state index contributed by atoms with van der Waals surface area (Å²) in [6.07, 6.45) is 0. The Morgan fingerprint density at radius 1 is 1.12 bits per heavy atom. The van der Waals surface area contributed by atoms with E-state index in [1.54, 1.807) is 20.3 Å². The van der Waals surface area contributed by atoms with Crippen molar-refractivity contribution in [2.45, 2.75) is 13.0 Å². The molecule has 1 aromatic heterocycles. The van der Waals surface area contributed by atoms with E-state index in [2.05, 4.69) is 39.1 Å². The van der Waals surface area contributed by atoms with E-state index in [4.69, 9.17) is 15.2 Å². The summed E-state index contributed by atoms with van der Waals surface area (Å²) in [6.45, 7) is 7.35. The number of aromatic nitrogens is 2. The predicted molar refractivity (Wildman–Crippen MR) is 104 cm³/mol. The Bertz CT molecular complexity index is 761. The van der Waals surface area contributed by atoms with Gasteiger partial charge in [0, 0.05) is 50.2 Å². The van der Waals surface area contributed by atoms with Crippen molar-refractivity contribution in [2.75, 3.05) is 65.0 Å². The molecule has 1 aromatic carbocycles. The summed E-state index contributed by atoms with van der Waals surface area (Å²) in [5.41, 5.74) is 6.86. The smallest absolute Gasteiger partial charge is 0.225 e. The lowest BCUT2D eigenvalue weighted by molar-refractivity contribution is 0.123. The average Bonchev–Trinajstić information content (AvgIpc) is 2.65. The number of benzene rings is 1. The molecule has 0 bridgehead atoms. The van der Waals surface area contributed by atoms with Crippen LogP contribution in [0.25, 0.3) is 10.9 Å². The molecular formula is C18H28N6O2. The number of ether oxygens (including phenoxy) is 2. The van der Waals surface area contributed by atoms with Crippen LogP contribution in [0.2, 0.25) is 0 Å². The number of piperazine rings is 1. The molecule has 1 aliphatic rings. The molecule has 8 nitrogen and oxygen atoms in total. The minimum Gasteiger partial charge on any atom is -0.493 e. The molecule has 26 heavy (non-hydrogen) atoms. The first kappa shape index (κ1) is 18.5. The van der Waals surface area contributed by atoms with Crippen molar-refractivity contribution in [1.82, 2.24) is 19.8 Å². The third-order valence-corrected chi connectivity index (χ3v) is 4.95. The van der Waals surface area contributed by atoms with Crippen LogP contribution in [0.1, 0.15) is 6.92 Å². The summed E-state index contributed by atoms with van der Waals surface area (Å²) in [6, 6.07) is 4.02. The molecule has 0 spiro atoms. The fourth-order valence-corrected chi connectivity index (χ4v) is 3.19. The summed E-state index contributed by atoms with van der Waals surface area (Å²) >= 11 is 0. The van der Waals surface area contributed by atoms with Crippen LogP contribution in [-0.4, -0.2) is 79.8 Å². The number of fused-ring (bicyclic) bond motifs is 1. The van der Waals surface area contributed by atoms with Gasteiger partial charge in [-0.1, -0.05) is 0 Å². The van der Waals surface area contributed by atoms with Crippen LogP contribution in [0.15, 0.2) is 12.1 Å². The third-order valence-electron chi connectivity index (χ3n) is 4.95. The quantitative estimate of drug-likeness (QED) is 0.796. The van der Waals surface area contributed by atoms with Crippen molar-refractivity contribution >= 4 is 22.7 Å². The van der Waals surface area contributed by atoms with E-state index < -0.39 is 0 Å². The van der Waals surface area contributed by atoms with Gasteiger partial charge in [0.05, 0.1) is 19.7 Å². The van der Waals surface area contributed by atoms with Gasteiger partial charge < -0.3 is 25.4 Å². The molecule has 0 aliphatic carbocycles. The Morgan fingerprint density at radius 2 is 1.77 bits per heavy atom. The molecule has 0 saturated carbocycles. The van der Waals surface area contributed by atoms with E-state index >= 15 is 0 Å². The molecule has 1 unspecified atom stereocenters. The molecule has 142 valence electrons. The molecule has 0 radical (unpaired) electrons. The number of likely N-dealkylation sites (N-methyl/N-ethyl adjacent to an activating group) is 1. The van der Waals surface area contributed by atoms with Gasteiger partial charge >= 0.3 is 0 Å². The summed E-state index contributed by atoms with van der Waals surface area (Å²) in [4.78, 5) is 13.8. The minimum absolute atomic E-state index is 0.398. The fraction of sp³-hybridized carbons (Fsp3) is 0.556.